The van der Waals surface area contributed by atoms with Gasteiger partial charge in [0.25, 0.3) is 5.89 Å². The number of anilines is 1. The van der Waals surface area contributed by atoms with Crippen LogP contribution in [0.5, 0.6) is 0 Å². The maximum Gasteiger partial charge on any atom is 0.314 e. The first-order chi connectivity index (χ1) is 14.5. The highest BCUT2D eigenvalue weighted by Crippen LogP contribution is 2.24. The molecule has 0 aliphatic rings. The summed E-state index contributed by atoms with van der Waals surface area (Å²) in [5.41, 5.74) is 3.66. The number of carbonyl (C=O) groups is 1. The lowest BCUT2D eigenvalue weighted by atomic mass is 10.1. The number of aromatic nitrogens is 5. The smallest absolute Gasteiger partial charge is 0.314 e. The molecule has 0 bridgehead atoms. The van der Waals surface area contributed by atoms with E-state index in [0.29, 0.717) is 23.5 Å². The minimum absolute atomic E-state index is 0.0407. The average molecular weight is 410 g/mol. The van der Waals surface area contributed by atoms with Crippen molar-refractivity contribution >= 4 is 11.6 Å². The highest BCUT2D eigenvalue weighted by atomic mass is 19.3. The number of amides is 1. The van der Waals surface area contributed by atoms with Gasteiger partial charge in [-0.25, -0.2) is 4.68 Å². The topological polar surface area (TPSA) is 98.7 Å². The van der Waals surface area contributed by atoms with Gasteiger partial charge in [-0.2, -0.15) is 8.78 Å². The lowest BCUT2D eigenvalue weighted by Gasteiger charge is -2.03. The lowest BCUT2D eigenvalue weighted by molar-refractivity contribution is -0.114. The zero-order valence-corrected chi connectivity index (χ0v) is 15.8. The molecule has 2 aromatic heterocycles. The molecule has 1 N–H and O–H groups in total. The van der Waals surface area contributed by atoms with E-state index in [1.54, 1.807) is 29.1 Å². The summed E-state index contributed by atoms with van der Waals surface area (Å²) in [6.45, 7) is 1.91. The minimum atomic E-state index is -2.80. The van der Waals surface area contributed by atoms with E-state index in [4.69, 9.17) is 4.42 Å². The van der Waals surface area contributed by atoms with Gasteiger partial charge in [0.05, 0.1) is 12.7 Å². The summed E-state index contributed by atoms with van der Waals surface area (Å²) in [4.78, 5) is 11.2. The van der Waals surface area contributed by atoms with Crippen LogP contribution in [0.2, 0.25) is 0 Å². The van der Waals surface area contributed by atoms with Gasteiger partial charge in [-0.3, -0.25) is 4.79 Å². The third-order valence-corrected chi connectivity index (χ3v) is 4.19. The fourth-order valence-corrected chi connectivity index (χ4v) is 2.85. The Bertz CT molecular complexity index is 1170. The van der Waals surface area contributed by atoms with E-state index in [1.807, 2.05) is 30.3 Å². The lowest BCUT2D eigenvalue weighted by Crippen LogP contribution is -2.05. The van der Waals surface area contributed by atoms with Gasteiger partial charge in [0.2, 0.25) is 11.8 Å². The number of rotatable bonds is 6. The number of nitrogens with one attached hydrogen (secondary N) is 1. The molecular formula is C20H16F2N6O2. The van der Waals surface area contributed by atoms with E-state index in [-0.39, 0.29) is 11.8 Å². The molecule has 0 saturated heterocycles. The Balaban J connectivity index is 1.46. The first kappa shape index (κ1) is 19.4. The van der Waals surface area contributed by atoms with Crippen molar-refractivity contribution < 1.29 is 18.0 Å². The number of halogens is 2. The van der Waals surface area contributed by atoms with E-state index in [1.165, 1.54) is 6.92 Å². The molecule has 0 saturated carbocycles. The zero-order chi connectivity index (χ0) is 21.1. The number of hydrogen-bond acceptors (Lipinski definition) is 6. The van der Waals surface area contributed by atoms with Crippen molar-refractivity contribution in [2.45, 2.75) is 19.9 Å². The van der Waals surface area contributed by atoms with E-state index < -0.39 is 12.3 Å². The molecule has 2 aromatic carbocycles. The van der Waals surface area contributed by atoms with Crippen LogP contribution in [0, 0.1) is 0 Å². The second kappa shape index (κ2) is 8.19. The largest absolute Gasteiger partial charge is 0.415 e. The number of benzene rings is 2. The average Bonchev–Trinajstić information content (AvgIpc) is 3.38. The molecule has 0 aliphatic carbocycles. The van der Waals surface area contributed by atoms with Gasteiger partial charge in [-0.1, -0.05) is 29.5 Å². The van der Waals surface area contributed by atoms with Crippen LogP contribution in [0.4, 0.5) is 14.5 Å². The summed E-state index contributed by atoms with van der Waals surface area (Å²) in [7, 11) is 0. The third-order valence-electron chi connectivity index (χ3n) is 4.19. The summed E-state index contributed by atoms with van der Waals surface area (Å²) in [6, 6.07) is 14.4. The van der Waals surface area contributed by atoms with E-state index >= 15 is 0 Å². The van der Waals surface area contributed by atoms with Crippen molar-refractivity contribution in [1.82, 2.24) is 25.2 Å². The van der Waals surface area contributed by atoms with Crippen molar-refractivity contribution in [2.75, 3.05) is 5.32 Å². The normalized spacial score (nSPS) is 11.1. The summed E-state index contributed by atoms with van der Waals surface area (Å²) < 4.78 is 31.8. The van der Waals surface area contributed by atoms with Gasteiger partial charge in [-0.15, -0.1) is 15.3 Å². The van der Waals surface area contributed by atoms with Crippen LogP contribution in [0.15, 0.2) is 59.1 Å². The molecule has 0 aliphatic heterocycles. The molecule has 1 amide bonds. The van der Waals surface area contributed by atoms with Gasteiger partial charge in [0.1, 0.15) is 5.69 Å². The maximum atomic E-state index is 12.6. The van der Waals surface area contributed by atoms with Gasteiger partial charge in [0.15, 0.2) is 0 Å². The molecule has 10 heteroatoms. The van der Waals surface area contributed by atoms with E-state index in [9.17, 15) is 13.6 Å². The Morgan fingerprint density at radius 3 is 2.60 bits per heavy atom. The van der Waals surface area contributed by atoms with Crippen LogP contribution in [-0.4, -0.2) is 31.1 Å². The molecule has 8 nitrogen and oxygen atoms in total. The fraction of sp³-hybridized carbons (Fsp3) is 0.150. The second-order valence-corrected chi connectivity index (χ2v) is 6.51. The molecule has 0 spiro atoms. The van der Waals surface area contributed by atoms with Gasteiger partial charge < -0.3 is 9.73 Å². The summed E-state index contributed by atoms with van der Waals surface area (Å²) in [6.07, 6.45) is -1.00. The van der Waals surface area contributed by atoms with Crippen molar-refractivity contribution in [3.05, 3.63) is 66.2 Å². The SMILES string of the molecule is CC(=O)Nc1cccc(-c2cn(Cc3ccc(-c4nnc(C(F)F)o4)cc3)nn2)c1. The second-order valence-electron chi connectivity index (χ2n) is 6.51. The van der Waals surface area contributed by atoms with E-state index in [0.717, 1.165) is 11.1 Å². The molecule has 4 aromatic rings. The summed E-state index contributed by atoms with van der Waals surface area (Å²) in [5, 5.41) is 18.0. The predicted molar refractivity (Wildman–Crippen MR) is 104 cm³/mol. The third kappa shape index (κ3) is 4.37. The molecule has 30 heavy (non-hydrogen) atoms. The van der Waals surface area contributed by atoms with Crippen LogP contribution in [0.25, 0.3) is 22.7 Å². The molecular weight excluding hydrogens is 394 g/mol. The van der Waals surface area contributed by atoms with Gasteiger partial charge in [0, 0.05) is 23.7 Å². The van der Waals surface area contributed by atoms with Crippen LogP contribution < -0.4 is 5.32 Å². The van der Waals surface area contributed by atoms with Crippen molar-refractivity contribution in [2.24, 2.45) is 0 Å². The van der Waals surface area contributed by atoms with Crippen molar-refractivity contribution in [1.29, 1.82) is 0 Å². The van der Waals surface area contributed by atoms with Crippen LogP contribution in [0.1, 0.15) is 24.8 Å². The Morgan fingerprint density at radius 1 is 1.10 bits per heavy atom. The maximum absolute atomic E-state index is 12.6. The Kier molecular flexibility index (Phi) is 5.29. The van der Waals surface area contributed by atoms with Gasteiger partial charge >= 0.3 is 6.43 Å². The van der Waals surface area contributed by atoms with Crippen LogP contribution in [-0.2, 0) is 11.3 Å². The monoisotopic (exact) mass is 410 g/mol. The first-order valence-corrected chi connectivity index (χ1v) is 8.97. The Hall–Kier alpha value is -3.95. The molecule has 152 valence electrons. The van der Waals surface area contributed by atoms with Crippen molar-refractivity contribution in [3.63, 3.8) is 0 Å². The number of carbonyl (C=O) groups excluding carboxylic acids is 1. The molecule has 0 unspecified atom stereocenters. The standard InChI is InChI=1S/C20H16F2N6O2/c1-12(29)23-16-4-2-3-15(9-16)17-11-28(27-24-17)10-13-5-7-14(8-6-13)19-25-26-20(30-19)18(21)22/h2-9,11,18H,10H2,1H3,(H,23,29). The fourth-order valence-electron chi connectivity index (χ4n) is 2.85. The molecule has 0 fully saturated rings. The van der Waals surface area contributed by atoms with Crippen LogP contribution >= 0.6 is 0 Å². The molecule has 4 rings (SSSR count). The minimum Gasteiger partial charge on any atom is -0.415 e. The number of alkyl halides is 2. The highest BCUT2D eigenvalue weighted by molar-refractivity contribution is 5.89. The molecule has 0 atom stereocenters. The zero-order valence-electron chi connectivity index (χ0n) is 15.8. The number of nitrogens with zero attached hydrogens (tertiary/aromatic N) is 5. The predicted octanol–water partition coefficient (Wildman–Crippen LogP) is 3.94. The van der Waals surface area contributed by atoms with E-state index in [2.05, 4.69) is 25.8 Å². The summed E-state index contributed by atoms with van der Waals surface area (Å²) >= 11 is 0. The Labute approximate surface area is 169 Å². The van der Waals surface area contributed by atoms with Crippen molar-refractivity contribution in [3.8, 4) is 22.7 Å². The molecule has 2 heterocycles. The first-order valence-electron chi connectivity index (χ1n) is 8.97. The Morgan fingerprint density at radius 2 is 1.90 bits per heavy atom. The summed E-state index contributed by atoms with van der Waals surface area (Å²) in [5.74, 6) is -0.809. The quantitative estimate of drug-likeness (QED) is 0.517. The van der Waals surface area contributed by atoms with Gasteiger partial charge in [-0.05, 0) is 29.8 Å². The number of hydrogen-bond donors (Lipinski definition) is 1. The molecule has 0 radical (unpaired) electrons. The van der Waals surface area contributed by atoms with Crippen LogP contribution in [0.3, 0.4) is 0 Å². The highest BCUT2D eigenvalue weighted by Gasteiger charge is 2.17.